The first-order valence-electron chi connectivity index (χ1n) is 9.68. The number of halogens is 2. The lowest BCUT2D eigenvalue weighted by Crippen LogP contribution is -2.63. The first-order chi connectivity index (χ1) is 13.8. The Labute approximate surface area is 187 Å². The van der Waals surface area contributed by atoms with Crippen molar-refractivity contribution in [3.63, 3.8) is 0 Å². The standard InChI is InChI=1S/C23H24Cl2O4S/c1-6-13-7-8-14(16-10-9-15(24)12-18(16)25)11-17(13)19-20(26)22(2,3)30(28,29)23(4,5)21(19)27/h7-12,19H,6H2,1-5H3. The molecule has 4 nitrogen and oxygen atoms in total. The fourth-order valence-electron chi connectivity index (χ4n) is 4.08. The van der Waals surface area contributed by atoms with Crippen LogP contribution in [-0.4, -0.2) is 29.5 Å². The summed E-state index contributed by atoms with van der Waals surface area (Å²) in [5.41, 5.74) is 2.80. The summed E-state index contributed by atoms with van der Waals surface area (Å²) in [4.78, 5) is 26.7. The van der Waals surface area contributed by atoms with Gasteiger partial charge in [0, 0.05) is 15.6 Å². The molecule has 0 N–H and O–H groups in total. The maximum Gasteiger partial charge on any atom is 0.174 e. The second kappa shape index (κ2) is 7.47. The van der Waals surface area contributed by atoms with Crippen LogP contribution in [0.3, 0.4) is 0 Å². The van der Waals surface area contributed by atoms with Gasteiger partial charge in [-0.1, -0.05) is 48.3 Å². The molecule has 2 aromatic rings. The van der Waals surface area contributed by atoms with Crippen LogP contribution in [0.4, 0.5) is 0 Å². The van der Waals surface area contributed by atoms with Gasteiger partial charge in [0.2, 0.25) is 0 Å². The number of hydrogen-bond donors (Lipinski definition) is 0. The van der Waals surface area contributed by atoms with E-state index in [0.717, 1.165) is 11.1 Å². The Balaban J connectivity index is 2.26. The van der Waals surface area contributed by atoms with Crippen LogP contribution in [0.1, 0.15) is 51.7 Å². The van der Waals surface area contributed by atoms with Gasteiger partial charge in [-0.25, -0.2) is 8.42 Å². The molecule has 0 spiro atoms. The zero-order chi connectivity index (χ0) is 22.6. The zero-order valence-corrected chi connectivity index (χ0v) is 19.9. The molecule has 1 saturated heterocycles. The molecule has 1 aliphatic heterocycles. The monoisotopic (exact) mass is 466 g/mol. The van der Waals surface area contributed by atoms with Crippen molar-refractivity contribution in [2.75, 3.05) is 0 Å². The molecular formula is C23H24Cl2O4S. The molecular weight excluding hydrogens is 443 g/mol. The summed E-state index contributed by atoms with van der Waals surface area (Å²) in [6.45, 7) is 7.47. The molecule has 0 atom stereocenters. The van der Waals surface area contributed by atoms with Crippen LogP contribution in [0.15, 0.2) is 36.4 Å². The van der Waals surface area contributed by atoms with Crippen LogP contribution >= 0.6 is 23.2 Å². The highest BCUT2D eigenvalue weighted by Crippen LogP contribution is 2.45. The van der Waals surface area contributed by atoms with E-state index >= 15 is 0 Å². The van der Waals surface area contributed by atoms with E-state index in [4.69, 9.17) is 23.2 Å². The highest BCUT2D eigenvalue weighted by Gasteiger charge is 2.63. The summed E-state index contributed by atoms with van der Waals surface area (Å²) < 4.78 is 22.7. The van der Waals surface area contributed by atoms with Crippen molar-refractivity contribution in [3.05, 3.63) is 57.6 Å². The Morgan fingerprint density at radius 3 is 1.97 bits per heavy atom. The minimum Gasteiger partial charge on any atom is -0.297 e. The van der Waals surface area contributed by atoms with Gasteiger partial charge in [-0.2, -0.15) is 0 Å². The number of carbonyl (C=O) groups is 2. The average Bonchev–Trinajstić information content (AvgIpc) is 2.66. The smallest absolute Gasteiger partial charge is 0.174 e. The molecule has 7 heteroatoms. The van der Waals surface area contributed by atoms with Gasteiger partial charge in [0.05, 0.1) is 0 Å². The molecule has 30 heavy (non-hydrogen) atoms. The van der Waals surface area contributed by atoms with Crippen molar-refractivity contribution in [1.29, 1.82) is 0 Å². The fraction of sp³-hybridized carbons (Fsp3) is 0.391. The molecule has 1 fully saturated rings. The van der Waals surface area contributed by atoms with Gasteiger partial charge in [0.1, 0.15) is 15.4 Å². The van der Waals surface area contributed by atoms with Crippen molar-refractivity contribution < 1.29 is 18.0 Å². The minimum absolute atomic E-state index is 0.447. The molecule has 0 unspecified atom stereocenters. The minimum atomic E-state index is -4.01. The Morgan fingerprint density at radius 1 is 0.900 bits per heavy atom. The third kappa shape index (κ3) is 3.22. The normalized spacial score (nSPS) is 20.4. The Hall–Kier alpha value is -1.69. The van der Waals surface area contributed by atoms with Crippen LogP contribution in [0.2, 0.25) is 10.0 Å². The number of ketones is 2. The number of sulfone groups is 1. The molecule has 2 aromatic carbocycles. The lowest BCUT2D eigenvalue weighted by Gasteiger charge is -2.42. The van der Waals surface area contributed by atoms with Crippen molar-refractivity contribution in [2.45, 2.75) is 56.5 Å². The highest BCUT2D eigenvalue weighted by molar-refractivity contribution is 7.95. The van der Waals surface area contributed by atoms with Gasteiger partial charge in [-0.15, -0.1) is 0 Å². The molecule has 0 radical (unpaired) electrons. The van der Waals surface area contributed by atoms with E-state index in [1.807, 2.05) is 19.1 Å². The lowest BCUT2D eigenvalue weighted by molar-refractivity contribution is -0.132. The van der Waals surface area contributed by atoms with Gasteiger partial charge < -0.3 is 0 Å². The SMILES string of the molecule is CCc1ccc(-c2ccc(Cl)cc2Cl)cc1C1C(=O)C(C)(C)S(=O)(=O)C(C)(C)C1=O. The second-order valence-electron chi connectivity index (χ2n) is 8.58. The van der Waals surface area contributed by atoms with Crippen molar-refractivity contribution in [3.8, 4) is 11.1 Å². The van der Waals surface area contributed by atoms with E-state index in [2.05, 4.69) is 0 Å². The second-order valence-corrected chi connectivity index (χ2v) is 12.5. The quantitative estimate of drug-likeness (QED) is 0.565. The summed E-state index contributed by atoms with van der Waals surface area (Å²) in [6.07, 6.45) is 0.592. The number of rotatable bonds is 3. The third-order valence-electron chi connectivity index (χ3n) is 6.13. The van der Waals surface area contributed by atoms with Crippen LogP contribution < -0.4 is 0 Å². The van der Waals surface area contributed by atoms with Gasteiger partial charge in [0.15, 0.2) is 21.4 Å². The topological polar surface area (TPSA) is 68.3 Å². The van der Waals surface area contributed by atoms with E-state index in [1.165, 1.54) is 27.7 Å². The summed E-state index contributed by atoms with van der Waals surface area (Å²) in [5.74, 6) is -2.35. The number of aryl methyl sites for hydroxylation is 1. The maximum absolute atomic E-state index is 13.3. The first-order valence-corrected chi connectivity index (χ1v) is 11.9. The number of benzene rings is 2. The van der Waals surface area contributed by atoms with Gasteiger partial charge >= 0.3 is 0 Å². The van der Waals surface area contributed by atoms with Crippen LogP contribution in [0, 0.1) is 0 Å². The van der Waals surface area contributed by atoms with Gasteiger partial charge in [0.25, 0.3) is 0 Å². The maximum atomic E-state index is 13.3. The molecule has 0 aromatic heterocycles. The third-order valence-corrected chi connectivity index (χ3v) is 9.77. The summed E-state index contributed by atoms with van der Waals surface area (Å²) in [7, 11) is -4.01. The Kier molecular flexibility index (Phi) is 5.72. The molecule has 0 aliphatic carbocycles. The number of hydrogen-bond acceptors (Lipinski definition) is 4. The fourth-order valence-corrected chi connectivity index (χ4v) is 6.64. The Bertz CT molecular complexity index is 1130. The Morgan fingerprint density at radius 2 is 1.47 bits per heavy atom. The predicted octanol–water partition coefficient (Wildman–Crippen LogP) is 5.43. The molecule has 1 aliphatic rings. The molecule has 1 heterocycles. The van der Waals surface area contributed by atoms with Crippen LogP contribution in [0.5, 0.6) is 0 Å². The predicted molar refractivity (Wildman–Crippen MR) is 121 cm³/mol. The van der Waals surface area contributed by atoms with Crippen molar-refractivity contribution in [2.24, 2.45) is 0 Å². The molecule has 0 amide bonds. The van der Waals surface area contributed by atoms with Gasteiger partial charge in [-0.05, 0) is 69.0 Å². The number of Topliss-reactive ketones (excluding diaryl/α,β-unsaturated/α-hetero) is 2. The summed E-state index contributed by atoms with van der Waals surface area (Å²) in [6, 6.07) is 10.6. The van der Waals surface area contributed by atoms with Crippen molar-refractivity contribution >= 4 is 44.6 Å². The molecule has 0 saturated carbocycles. The van der Waals surface area contributed by atoms with E-state index in [0.29, 0.717) is 27.6 Å². The highest BCUT2D eigenvalue weighted by atomic mass is 35.5. The van der Waals surface area contributed by atoms with E-state index in [-0.39, 0.29) is 0 Å². The largest absolute Gasteiger partial charge is 0.297 e. The molecule has 0 bridgehead atoms. The number of carbonyl (C=O) groups excluding carboxylic acids is 2. The van der Waals surface area contributed by atoms with E-state index in [9.17, 15) is 18.0 Å². The summed E-state index contributed by atoms with van der Waals surface area (Å²) >= 11 is 12.4. The van der Waals surface area contributed by atoms with E-state index in [1.54, 1.807) is 24.3 Å². The lowest BCUT2D eigenvalue weighted by atomic mass is 9.77. The summed E-state index contributed by atoms with van der Waals surface area (Å²) in [5, 5.41) is 0.947. The molecule has 3 rings (SSSR count). The average molecular weight is 467 g/mol. The molecule has 160 valence electrons. The van der Waals surface area contributed by atoms with E-state index < -0.39 is 36.8 Å². The van der Waals surface area contributed by atoms with Crippen molar-refractivity contribution in [1.82, 2.24) is 0 Å². The van der Waals surface area contributed by atoms with Crippen LogP contribution in [-0.2, 0) is 25.8 Å². The first kappa shape index (κ1) is 23.0. The zero-order valence-electron chi connectivity index (χ0n) is 17.5. The van der Waals surface area contributed by atoms with Crippen LogP contribution in [0.25, 0.3) is 11.1 Å². The van der Waals surface area contributed by atoms with Gasteiger partial charge in [-0.3, -0.25) is 9.59 Å².